The van der Waals surface area contributed by atoms with E-state index < -0.39 is 0 Å². The van der Waals surface area contributed by atoms with E-state index in [1.165, 1.54) is 0 Å². The summed E-state index contributed by atoms with van der Waals surface area (Å²) in [4.78, 5) is 19.6. The zero-order valence-corrected chi connectivity index (χ0v) is 18.1. The Labute approximate surface area is 183 Å². The summed E-state index contributed by atoms with van der Waals surface area (Å²) in [7, 11) is 3.23. The van der Waals surface area contributed by atoms with Gasteiger partial charge in [-0.2, -0.15) is 0 Å². The number of hydrogen-bond donors (Lipinski definition) is 0. The molecule has 3 aromatic rings. The van der Waals surface area contributed by atoms with E-state index in [0.29, 0.717) is 11.5 Å². The van der Waals surface area contributed by atoms with Gasteiger partial charge in [-0.25, -0.2) is 4.99 Å². The van der Waals surface area contributed by atoms with Crippen LogP contribution in [0.5, 0.6) is 11.5 Å². The molecule has 0 spiro atoms. The Morgan fingerprint density at radius 2 is 1.40 bits per heavy atom. The number of methoxy groups -OCH3 is 2. The van der Waals surface area contributed by atoms with Gasteiger partial charge in [0.05, 0.1) is 19.9 Å². The molecule has 5 nitrogen and oxygen atoms in total. The molecule has 0 N–H and O–H groups in total. The van der Waals surface area contributed by atoms with E-state index in [-0.39, 0.29) is 5.91 Å². The van der Waals surface area contributed by atoms with Crippen LogP contribution >= 0.6 is 15.9 Å². The fraction of sp³-hybridized carbons (Fsp3) is 0.0833. The molecule has 1 aliphatic rings. The summed E-state index contributed by atoms with van der Waals surface area (Å²) in [6, 6.07) is 22.6. The predicted molar refractivity (Wildman–Crippen MR) is 122 cm³/mol. The van der Waals surface area contributed by atoms with Gasteiger partial charge < -0.3 is 9.47 Å². The van der Waals surface area contributed by atoms with Crippen LogP contribution in [0.15, 0.2) is 88.0 Å². The normalized spacial score (nSPS) is 14.8. The number of carbonyl (C=O) groups is 1. The van der Waals surface area contributed by atoms with Crippen LogP contribution in [-0.2, 0) is 4.79 Å². The Kier molecular flexibility index (Phi) is 5.68. The van der Waals surface area contributed by atoms with Gasteiger partial charge in [0.25, 0.3) is 5.91 Å². The number of rotatable bonds is 5. The lowest BCUT2D eigenvalue weighted by Gasteiger charge is -2.19. The summed E-state index contributed by atoms with van der Waals surface area (Å²) in [6.07, 6.45) is 1.78. The van der Waals surface area contributed by atoms with Crippen LogP contribution in [-0.4, -0.2) is 26.0 Å². The van der Waals surface area contributed by atoms with E-state index in [0.717, 1.165) is 32.8 Å². The molecule has 0 aromatic heterocycles. The van der Waals surface area contributed by atoms with Gasteiger partial charge in [-0.05, 0) is 60.2 Å². The SMILES string of the molecule is COc1ccc(/C=C2/N=C(c3ccc(Br)cc3)N(c3ccc(OC)cc3)C2=O)cc1. The molecule has 0 saturated carbocycles. The van der Waals surface area contributed by atoms with Gasteiger partial charge in [0.2, 0.25) is 0 Å². The van der Waals surface area contributed by atoms with E-state index in [1.54, 1.807) is 25.2 Å². The first kappa shape index (κ1) is 19.9. The van der Waals surface area contributed by atoms with Crippen molar-refractivity contribution in [1.29, 1.82) is 0 Å². The van der Waals surface area contributed by atoms with Gasteiger partial charge in [-0.15, -0.1) is 0 Å². The Hall–Kier alpha value is -3.38. The highest BCUT2D eigenvalue weighted by molar-refractivity contribution is 9.10. The summed E-state index contributed by atoms with van der Waals surface area (Å²) in [6.45, 7) is 0. The monoisotopic (exact) mass is 462 g/mol. The number of carbonyl (C=O) groups excluding carboxylic acids is 1. The lowest BCUT2D eigenvalue weighted by Crippen LogP contribution is -2.32. The van der Waals surface area contributed by atoms with Gasteiger partial charge >= 0.3 is 0 Å². The second-order valence-electron chi connectivity index (χ2n) is 6.58. The molecule has 3 aromatic carbocycles. The van der Waals surface area contributed by atoms with Gasteiger partial charge in [0, 0.05) is 10.0 Å². The van der Waals surface area contributed by atoms with E-state index in [2.05, 4.69) is 20.9 Å². The van der Waals surface area contributed by atoms with Crippen LogP contribution in [0.2, 0.25) is 0 Å². The van der Waals surface area contributed by atoms with Crippen LogP contribution in [0.4, 0.5) is 5.69 Å². The maximum atomic E-state index is 13.3. The average molecular weight is 463 g/mol. The molecule has 1 amide bonds. The fourth-order valence-electron chi connectivity index (χ4n) is 3.14. The van der Waals surface area contributed by atoms with E-state index in [1.807, 2.05) is 72.8 Å². The fourth-order valence-corrected chi connectivity index (χ4v) is 3.40. The smallest absolute Gasteiger partial charge is 0.282 e. The lowest BCUT2D eigenvalue weighted by atomic mass is 10.1. The first-order valence-corrected chi connectivity index (χ1v) is 10.1. The van der Waals surface area contributed by atoms with Crippen LogP contribution in [0.1, 0.15) is 11.1 Å². The van der Waals surface area contributed by atoms with Crippen LogP contribution in [0, 0.1) is 0 Å². The van der Waals surface area contributed by atoms with Gasteiger partial charge in [0.1, 0.15) is 23.0 Å². The summed E-state index contributed by atoms with van der Waals surface area (Å²) in [5.41, 5.74) is 2.81. The first-order valence-electron chi connectivity index (χ1n) is 9.28. The molecule has 6 heteroatoms. The molecule has 0 unspecified atom stereocenters. The second kappa shape index (κ2) is 8.55. The third-order valence-electron chi connectivity index (χ3n) is 4.71. The largest absolute Gasteiger partial charge is 0.497 e. The molecule has 1 heterocycles. The number of nitrogens with zero attached hydrogens (tertiary/aromatic N) is 2. The molecule has 30 heavy (non-hydrogen) atoms. The summed E-state index contributed by atoms with van der Waals surface area (Å²) in [5, 5.41) is 0. The van der Waals surface area contributed by atoms with Crippen molar-refractivity contribution in [1.82, 2.24) is 0 Å². The molecule has 0 atom stereocenters. The molecule has 0 aliphatic carbocycles. The van der Waals surface area contributed by atoms with Crippen molar-refractivity contribution < 1.29 is 14.3 Å². The Bertz CT molecular complexity index is 1120. The van der Waals surface area contributed by atoms with Gasteiger partial charge in [0.15, 0.2) is 0 Å². The topological polar surface area (TPSA) is 51.1 Å². The number of ether oxygens (including phenoxy) is 2. The molecule has 0 bridgehead atoms. The quantitative estimate of drug-likeness (QED) is 0.483. The zero-order chi connectivity index (χ0) is 21.1. The molecular weight excluding hydrogens is 444 g/mol. The van der Waals surface area contributed by atoms with Crippen molar-refractivity contribution in [3.63, 3.8) is 0 Å². The predicted octanol–water partition coefficient (Wildman–Crippen LogP) is 5.30. The standard InChI is InChI=1S/C24H19BrN2O3/c1-29-20-11-3-16(4-12-20)15-22-24(28)27(19-9-13-21(30-2)14-10-19)23(26-22)17-5-7-18(25)8-6-17/h3-15H,1-2H3/b22-15+. The van der Waals surface area contributed by atoms with Crippen molar-refractivity contribution in [2.45, 2.75) is 0 Å². The number of amides is 1. The first-order chi connectivity index (χ1) is 14.6. The minimum Gasteiger partial charge on any atom is -0.497 e. The van der Waals surface area contributed by atoms with Crippen LogP contribution in [0.3, 0.4) is 0 Å². The minimum atomic E-state index is -0.186. The third-order valence-corrected chi connectivity index (χ3v) is 5.24. The minimum absolute atomic E-state index is 0.186. The van der Waals surface area contributed by atoms with E-state index >= 15 is 0 Å². The van der Waals surface area contributed by atoms with Crippen LogP contribution < -0.4 is 14.4 Å². The molecule has 4 rings (SSSR count). The molecular formula is C24H19BrN2O3. The van der Waals surface area contributed by atoms with Crippen molar-refractivity contribution >= 4 is 39.4 Å². The Morgan fingerprint density at radius 3 is 1.97 bits per heavy atom. The second-order valence-corrected chi connectivity index (χ2v) is 7.50. The number of benzene rings is 3. The molecule has 150 valence electrons. The summed E-state index contributed by atoms with van der Waals surface area (Å²) >= 11 is 3.45. The van der Waals surface area contributed by atoms with Crippen LogP contribution in [0.25, 0.3) is 6.08 Å². The van der Waals surface area contributed by atoms with Gasteiger partial charge in [-0.1, -0.05) is 40.2 Å². The molecule has 0 radical (unpaired) electrons. The molecule has 0 fully saturated rings. The van der Waals surface area contributed by atoms with E-state index in [4.69, 9.17) is 9.47 Å². The number of aliphatic imine (C=N–C) groups is 1. The van der Waals surface area contributed by atoms with Crippen molar-refractivity contribution in [3.05, 3.63) is 94.1 Å². The zero-order valence-electron chi connectivity index (χ0n) is 16.5. The maximum absolute atomic E-state index is 13.3. The lowest BCUT2D eigenvalue weighted by molar-refractivity contribution is -0.113. The van der Waals surface area contributed by atoms with Crippen molar-refractivity contribution in [3.8, 4) is 11.5 Å². The molecule has 0 saturated heterocycles. The Balaban J connectivity index is 1.77. The molecule has 1 aliphatic heterocycles. The number of hydrogen-bond acceptors (Lipinski definition) is 4. The maximum Gasteiger partial charge on any atom is 0.282 e. The van der Waals surface area contributed by atoms with Crippen molar-refractivity contribution in [2.75, 3.05) is 19.1 Å². The highest BCUT2D eigenvalue weighted by Crippen LogP contribution is 2.29. The number of anilines is 1. The highest BCUT2D eigenvalue weighted by Gasteiger charge is 2.32. The number of halogens is 1. The Morgan fingerprint density at radius 1 is 0.833 bits per heavy atom. The third kappa shape index (κ3) is 4.00. The van der Waals surface area contributed by atoms with Crippen molar-refractivity contribution in [2.24, 2.45) is 4.99 Å². The summed E-state index contributed by atoms with van der Waals surface area (Å²) in [5.74, 6) is 1.88. The highest BCUT2D eigenvalue weighted by atomic mass is 79.9. The van der Waals surface area contributed by atoms with E-state index in [9.17, 15) is 4.79 Å². The van der Waals surface area contributed by atoms with Gasteiger partial charge in [-0.3, -0.25) is 9.69 Å². The summed E-state index contributed by atoms with van der Waals surface area (Å²) < 4.78 is 11.4. The average Bonchev–Trinajstić information content (AvgIpc) is 3.10. The number of amidine groups is 1.